The van der Waals surface area contributed by atoms with Crippen LogP contribution in [0.1, 0.15) is 5.56 Å². The van der Waals surface area contributed by atoms with E-state index in [0.29, 0.717) is 5.17 Å². The smallest absolute Gasteiger partial charge is 0.248 e. The molecule has 20 heavy (non-hydrogen) atoms. The topological polar surface area (TPSA) is 32.7 Å². The average molecular weight is 285 g/mol. The van der Waals surface area contributed by atoms with Crippen LogP contribution in [-0.2, 0) is 4.79 Å². The molecule has 0 aromatic heterocycles. The Balaban J connectivity index is 2.15. The lowest BCUT2D eigenvalue weighted by Gasteiger charge is -2.17. The Morgan fingerprint density at radius 3 is 2.60 bits per heavy atom. The van der Waals surface area contributed by atoms with E-state index in [1.165, 1.54) is 0 Å². The standard InChI is InChI=1S/C16H13ClN2O/c1-19-14-8-7-12(11-5-3-2-4-6-11)9-13(14)16(17)18-10-15(19)20/h2-9H,10H2,1H3. The summed E-state index contributed by atoms with van der Waals surface area (Å²) in [6, 6.07) is 15.9. The molecule has 0 N–H and O–H groups in total. The first-order valence-electron chi connectivity index (χ1n) is 6.33. The molecule has 100 valence electrons. The van der Waals surface area contributed by atoms with Crippen molar-refractivity contribution in [2.45, 2.75) is 0 Å². The first kappa shape index (κ1) is 12.9. The van der Waals surface area contributed by atoms with Gasteiger partial charge in [0.1, 0.15) is 11.7 Å². The zero-order valence-electron chi connectivity index (χ0n) is 11.0. The molecule has 1 heterocycles. The van der Waals surface area contributed by atoms with Crippen molar-refractivity contribution in [2.24, 2.45) is 4.99 Å². The lowest BCUT2D eigenvalue weighted by atomic mass is 10.0. The molecule has 3 nitrogen and oxygen atoms in total. The summed E-state index contributed by atoms with van der Waals surface area (Å²) >= 11 is 6.21. The molecule has 0 saturated heterocycles. The molecule has 0 atom stereocenters. The van der Waals surface area contributed by atoms with Gasteiger partial charge in [-0.2, -0.15) is 0 Å². The number of fused-ring (bicyclic) bond motifs is 1. The van der Waals surface area contributed by atoms with Crippen LogP contribution in [0.4, 0.5) is 5.69 Å². The molecule has 0 bridgehead atoms. The molecule has 2 aromatic carbocycles. The summed E-state index contributed by atoms with van der Waals surface area (Å²) in [5.74, 6) is -0.0608. The fourth-order valence-corrected chi connectivity index (χ4v) is 2.48. The molecule has 3 rings (SSSR count). The highest BCUT2D eigenvalue weighted by atomic mass is 35.5. The Labute approximate surface area is 122 Å². The van der Waals surface area contributed by atoms with Gasteiger partial charge in [-0.3, -0.25) is 9.79 Å². The first-order chi connectivity index (χ1) is 9.66. The number of aliphatic imine (C=N–C) groups is 1. The molecule has 0 saturated carbocycles. The number of nitrogens with zero attached hydrogens (tertiary/aromatic N) is 2. The van der Waals surface area contributed by atoms with E-state index in [9.17, 15) is 4.79 Å². The summed E-state index contributed by atoms with van der Waals surface area (Å²) in [7, 11) is 1.74. The third-order valence-electron chi connectivity index (χ3n) is 3.41. The highest BCUT2D eigenvalue weighted by molar-refractivity contribution is 6.70. The Morgan fingerprint density at radius 1 is 1.10 bits per heavy atom. The number of likely N-dealkylation sites (N-methyl/N-ethyl adjacent to an activating group) is 1. The predicted octanol–water partition coefficient (Wildman–Crippen LogP) is 3.32. The molecule has 0 fully saturated rings. The van der Waals surface area contributed by atoms with Crippen molar-refractivity contribution in [1.82, 2.24) is 0 Å². The molecule has 1 aliphatic rings. The molecule has 0 aliphatic carbocycles. The number of anilines is 1. The van der Waals surface area contributed by atoms with Gasteiger partial charge in [-0.15, -0.1) is 0 Å². The van der Waals surface area contributed by atoms with Crippen LogP contribution in [0.25, 0.3) is 11.1 Å². The van der Waals surface area contributed by atoms with Gasteiger partial charge >= 0.3 is 0 Å². The van der Waals surface area contributed by atoms with Crippen molar-refractivity contribution in [2.75, 3.05) is 18.5 Å². The number of benzodiazepines with no additional fused rings is 1. The second-order valence-corrected chi connectivity index (χ2v) is 5.02. The van der Waals surface area contributed by atoms with Gasteiger partial charge < -0.3 is 4.90 Å². The quantitative estimate of drug-likeness (QED) is 0.791. The molecule has 1 aliphatic heterocycles. The van der Waals surface area contributed by atoms with Crippen molar-refractivity contribution in [3.05, 3.63) is 54.1 Å². The number of hydrogen-bond donors (Lipinski definition) is 0. The van der Waals surface area contributed by atoms with E-state index < -0.39 is 0 Å². The monoisotopic (exact) mass is 284 g/mol. The number of amides is 1. The highest BCUT2D eigenvalue weighted by Crippen LogP contribution is 2.30. The normalized spacial score (nSPS) is 14.6. The summed E-state index contributed by atoms with van der Waals surface area (Å²) < 4.78 is 0. The lowest BCUT2D eigenvalue weighted by molar-refractivity contribution is -0.116. The fourth-order valence-electron chi connectivity index (χ4n) is 2.27. The fraction of sp³-hybridized carbons (Fsp3) is 0.125. The zero-order chi connectivity index (χ0) is 14.1. The van der Waals surface area contributed by atoms with Gasteiger partial charge in [-0.1, -0.05) is 48.0 Å². The highest BCUT2D eigenvalue weighted by Gasteiger charge is 2.20. The molecule has 0 unspecified atom stereocenters. The number of carbonyl (C=O) groups excluding carboxylic acids is 1. The van der Waals surface area contributed by atoms with Crippen LogP contribution >= 0.6 is 11.6 Å². The van der Waals surface area contributed by atoms with E-state index in [-0.39, 0.29) is 12.5 Å². The van der Waals surface area contributed by atoms with Gasteiger partial charge in [0.25, 0.3) is 0 Å². The molecule has 0 radical (unpaired) electrons. The maximum atomic E-state index is 11.8. The van der Waals surface area contributed by atoms with Crippen LogP contribution in [-0.4, -0.2) is 24.7 Å². The molecule has 0 spiro atoms. The maximum absolute atomic E-state index is 11.8. The van der Waals surface area contributed by atoms with Crippen molar-refractivity contribution >= 4 is 28.4 Å². The van der Waals surface area contributed by atoms with E-state index in [1.807, 2.05) is 48.5 Å². The molecular weight excluding hydrogens is 272 g/mol. The lowest BCUT2D eigenvalue weighted by Crippen LogP contribution is -2.27. The molecule has 4 heteroatoms. The van der Waals surface area contributed by atoms with Crippen LogP contribution < -0.4 is 4.90 Å². The number of hydrogen-bond acceptors (Lipinski definition) is 2. The number of halogens is 1. The zero-order valence-corrected chi connectivity index (χ0v) is 11.8. The SMILES string of the molecule is CN1C(=O)CN=C(Cl)c2cc(-c3ccccc3)ccc21. The summed E-state index contributed by atoms with van der Waals surface area (Å²) in [5.41, 5.74) is 3.75. The maximum Gasteiger partial charge on any atom is 0.248 e. The second kappa shape index (κ2) is 5.10. The largest absolute Gasteiger partial charge is 0.313 e. The average Bonchev–Trinajstić information content (AvgIpc) is 2.61. The summed E-state index contributed by atoms with van der Waals surface area (Å²) in [4.78, 5) is 17.6. The first-order valence-corrected chi connectivity index (χ1v) is 6.71. The van der Waals surface area contributed by atoms with Crippen molar-refractivity contribution in [3.63, 3.8) is 0 Å². The van der Waals surface area contributed by atoms with Crippen LogP contribution in [0.2, 0.25) is 0 Å². The van der Waals surface area contributed by atoms with Gasteiger partial charge in [-0.05, 0) is 23.3 Å². The third kappa shape index (κ3) is 2.21. The minimum absolute atomic E-state index is 0.0608. The van der Waals surface area contributed by atoms with Gasteiger partial charge in [0, 0.05) is 12.6 Å². The summed E-state index contributed by atoms with van der Waals surface area (Å²) in [6.45, 7) is 0.0880. The van der Waals surface area contributed by atoms with Crippen molar-refractivity contribution < 1.29 is 4.79 Å². The Hall–Kier alpha value is -2.13. The predicted molar refractivity (Wildman–Crippen MR) is 82.5 cm³/mol. The van der Waals surface area contributed by atoms with Gasteiger partial charge in [-0.25, -0.2) is 0 Å². The number of rotatable bonds is 1. The number of carbonyl (C=O) groups is 1. The minimum Gasteiger partial charge on any atom is -0.313 e. The Kier molecular flexibility index (Phi) is 3.28. The Bertz CT molecular complexity index is 695. The van der Waals surface area contributed by atoms with Gasteiger partial charge in [0.2, 0.25) is 5.91 Å². The van der Waals surface area contributed by atoms with E-state index in [1.54, 1.807) is 11.9 Å². The third-order valence-corrected chi connectivity index (χ3v) is 3.74. The molecule has 1 amide bonds. The minimum atomic E-state index is -0.0608. The van der Waals surface area contributed by atoms with E-state index >= 15 is 0 Å². The van der Waals surface area contributed by atoms with E-state index in [0.717, 1.165) is 22.4 Å². The van der Waals surface area contributed by atoms with Crippen LogP contribution in [0, 0.1) is 0 Å². The van der Waals surface area contributed by atoms with Crippen LogP contribution in [0.3, 0.4) is 0 Å². The van der Waals surface area contributed by atoms with Crippen molar-refractivity contribution in [1.29, 1.82) is 0 Å². The van der Waals surface area contributed by atoms with E-state index in [4.69, 9.17) is 11.6 Å². The summed E-state index contributed by atoms with van der Waals surface area (Å²) in [6.07, 6.45) is 0. The van der Waals surface area contributed by atoms with Crippen molar-refractivity contribution in [3.8, 4) is 11.1 Å². The van der Waals surface area contributed by atoms with Gasteiger partial charge in [0.15, 0.2) is 0 Å². The molecular formula is C16H13ClN2O. The van der Waals surface area contributed by atoms with Crippen LogP contribution in [0.5, 0.6) is 0 Å². The second-order valence-electron chi connectivity index (χ2n) is 4.66. The number of benzene rings is 2. The van der Waals surface area contributed by atoms with E-state index in [2.05, 4.69) is 4.99 Å². The molecule has 2 aromatic rings. The van der Waals surface area contributed by atoms with Gasteiger partial charge in [0.05, 0.1) is 5.69 Å². The Morgan fingerprint density at radius 2 is 1.85 bits per heavy atom. The summed E-state index contributed by atoms with van der Waals surface area (Å²) in [5, 5.41) is 0.385. The van der Waals surface area contributed by atoms with Crippen LogP contribution in [0.15, 0.2) is 53.5 Å².